The van der Waals surface area contributed by atoms with Crippen molar-refractivity contribution in [1.82, 2.24) is 14.8 Å². The van der Waals surface area contributed by atoms with E-state index >= 15 is 0 Å². The fraction of sp³-hybridized carbons (Fsp3) is 0.429. The number of anilines is 1. The van der Waals surface area contributed by atoms with Gasteiger partial charge in [-0.2, -0.15) is 5.10 Å². The normalized spacial score (nSPS) is 16.8. The van der Waals surface area contributed by atoms with Gasteiger partial charge in [0.05, 0.1) is 18.4 Å². The Morgan fingerprint density at radius 3 is 2.74 bits per heavy atom. The lowest BCUT2D eigenvalue weighted by Crippen LogP contribution is -2.19. The van der Waals surface area contributed by atoms with Gasteiger partial charge in [0.2, 0.25) is 0 Å². The first kappa shape index (κ1) is 17.8. The standard InChI is InChI=1S/C21H26N4O2/c1-4-26-17-9-7-16(8-10-17)25-13-19-20(15(25)3)14(2)23-24-21(19)22-12-18-6-5-11-27-18/h7-10,13,18H,4-6,11-12H2,1-3H3,(H,22,24). The minimum absolute atomic E-state index is 0.262. The van der Waals surface area contributed by atoms with Crippen molar-refractivity contribution in [2.24, 2.45) is 0 Å². The zero-order valence-corrected chi connectivity index (χ0v) is 16.2. The van der Waals surface area contributed by atoms with Gasteiger partial charge in [-0.05, 0) is 57.9 Å². The van der Waals surface area contributed by atoms with Crippen molar-refractivity contribution in [2.75, 3.05) is 25.1 Å². The maximum atomic E-state index is 5.71. The molecule has 1 fully saturated rings. The fourth-order valence-corrected chi connectivity index (χ4v) is 3.76. The van der Waals surface area contributed by atoms with Gasteiger partial charge in [0.1, 0.15) is 5.75 Å². The van der Waals surface area contributed by atoms with Crippen LogP contribution in [-0.2, 0) is 4.74 Å². The van der Waals surface area contributed by atoms with E-state index in [1.807, 2.05) is 26.0 Å². The topological polar surface area (TPSA) is 61.2 Å². The summed E-state index contributed by atoms with van der Waals surface area (Å²) >= 11 is 0. The van der Waals surface area contributed by atoms with Crippen molar-refractivity contribution in [3.8, 4) is 11.4 Å². The fourth-order valence-electron chi connectivity index (χ4n) is 3.76. The highest BCUT2D eigenvalue weighted by molar-refractivity contribution is 5.95. The largest absolute Gasteiger partial charge is 0.494 e. The average molecular weight is 366 g/mol. The summed E-state index contributed by atoms with van der Waals surface area (Å²) in [7, 11) is 0. The second-order valence-corrected chi connectivity index (χ2v) is 6.95. The second kappa shape index (κ2) is 7.56. The molecule has 1 unspecified atom stereocenters. The number of hydrogen-bond acceptors (Lipinski definition) is 5. The summed E-state index contributed by atoms with van der Waals surface area (Å²) < 4.78 is 13.5. The quantitative estimate of drug-likeness (QED) is 0.714. The molecular formula is C21H26N4O2. The third-order valence-electron chi connectivity index (χ3n) is 5.11. The van der Waals surface area contributed by atoms with Crippen LogP contribution in [0, 0.1) is 13.8 Å². The average Bonchev–Trinajstić information content (AvgIpc) is 3.31. The molecule has 0 saturated carbocycles. The summed E-state index contributed by atoms with van der Waals surface area (Å²) in [5, 5.41) is 14.5. The van der Waals surface area contributed by atoms with Crippen LogP contribution >= 0.6 is 0 Å². The molecule has 1 atom stereocenters. The van der Waals surface area contributed by atoms with Crippen LogP contribution in [0.25, 0.3) is 16.5 Å². The van der Waals surface area contributed by atoms with Crippen molar-refractivity contribution in [3.63, 3.8) is 0 Å². The Morgan fingerprint density at radius 2 is 2.04 bits per heavy atom. The van der Waals surface area contributed by atoms with Gasteiger partial charge >= 0.3 is 0 Å². The summed E-state index contributed by atoms with van der Waals surface area (Å²) in [6.07, 6.45) is 4.63. The number of aryl methyl sites for hydroxylation is 2. The van der Waals surface area contributed by atoms with E-state index in [4.69, 9.17) is 9.47 Å². The van der Waals surface area contributed by atoms with E-state index in [1.54, 1.807) is 0 Å². The van der Waals surface area contributed by atoms with Crippen LogP contribution < -0.4 is 10.1 Å². The van der Waals surface area contributed by atoms with E-state index in [9.17, 15) is 0 Å². The smallest absolute Gasteiger partial charge is 0.158 e. The minimum Gasteiger partial charge on any atom is -0.494 e. The van der Waals surface area contributed by atoms with E-state index in [-0.39, 0.29) is 6.10 Å². The number of rotatable bonds is 6. The predicted molar refractivity (Wildman–Crippen MR) is 107 cm³/mol. The van der Waals surface area contributed by atoms with Gasteiger partial charge < -0.3 is 19.4 Å². The molecule has 0 bridgehead atoms. The highest BCUT2D eigenvalue weighted by Gasteiger charge is 2.18. The Hall–Kier alpha value is -2.60. The van der Waals surface area contributed by atoms with Crippen LogP contribution in [0.1, 0.15) is 31.2 Å². The summed E-state index contributed by atoms with van der Waals surface area (Å²) in [5.41, 5.74) is 3.19. The Balaban J connectivity index is 1.68. The molecule has 142 valence electrons. The number of aromatic nitrogens is 3. The zero-order valence-electron chi connectivity index (χ0n) is 16.2. The Kier molecular flexibility index (Phi) is 4.99. The predicted octanol–water partition coefficient (Wildman–Crippen LogP) is 4.03. The van der Waals surface area contributed by atoms with Crippen LogP contribution in [0.5, 0.6) is 5.75 Å². The summed E-state index contributed by atoms with van der Waals surface area (Å²) in [6, 6.07) is 8.16. The first-order chi connectivity index (χ1) is 13.2. The SMILES string of the molecule is CCOc1ccc(-n2cc3c(NCC4CCCO4)nnc(C)c3c2C)cc1. The number of nitrogens with zero attached hydrogens (tertiary/aromatic N) is 3. The van der Waals surface area contributed by atoms with Gasteiger partial charge in [0.15, 0.2) is 5.82 Å². The maximum absolute atomic E-state index is 5.71. The van der Waals surface area contributed by atoms with Crippen LogP contribution in [0.4, 0.5) is 5.82 Å². The molecule has 0 radical (unpaired) electrons. The molecule has 0 aliphatic carbocycles. The van der Waals surface area contributed by atoms with Crippen molar-refractivity contribution in [1.29, 1.82) is 0 Å². The number of ether oxygens (including phenoxy) is 2. The van der Waals surface area contributed by atoms with Crippen molar-refractivity contribution in [3.05, 3.63) is 41.9 Å². The van der Waals surface area contributed by atoms with E-state index in [2.05, 4.69) is 45.3 Å². The summed E-state index contributed by atoms with van der Waals surface area (Å²) in [6.45, 7) is 8.41. The molecule has 6 nitrogen and oxygen atoms in total. The van der Waals surface area contributed by atoms with E-state index in [0.29, 0.717) is 6.61 Å². The lowest BCUT2D eigenvalue weighted by Gasteiger charge is -2.11. The molecule has 4 rings (SSSR count). The van der Waals surface area contributed by atoms with Crippen molar-refractivity contribution in [2.45, 2.75) is 39.7 Å². The Morgan fingerprint density at radius 1 is 1.22 bits per heavy atom. The van der Waals surface area contributed by atoms with E-state index < -0.39 is 0 Å². The van der Waals surface area contributed by atoms with Crippen molar-refractivity contribution < 1.29 is 9.47 Å². The van der Waals surface area contributed by atoms with E-state index in [0.717, 1.165) is 65.4 Å². The molecule has 6 heteroatoms. The summed E-state index contributed by atoms with van der Waals surface area (Å²) in [4.78, 5) is 0. The third kappa shape index (κ3) is 3.49. The number of fused-ring (bicyclic) bond motifs is 1. The van der Waals surface area contributed by atoms with Gasteiger partial charge in [-0.1, -0.05) is 0 Å². The van der Waals surface area contributed by atoms with Gasteiger partial charge in [-0.3, -0.25) is 0 Å². The van der Waals surface area contributed by atoms with Crippen LogP contribution in [-0.4, -0.2) is 40.6 Å². The molecule has 1 saturated heterocycles. The monoisotopic (exact) mass is 366 g/mol. The molecular weight excluding hydrogens is 340 g/mol. The molecule has 1 aliphatic heterocycles. The van der Waals surface area contributed by atoms with Crippen LogP contribution in [0.3, 0.4) is 0 Å². The molecule has 1 aromatic carbocycles. The van der Waals surface area contributed by atoms with Gasteiger partial charge in [-0.25, -0.2) is 0 Å². The minimum atomic E-state index is 0.262. The number of nitrogens with one attached hydrogen (secondary N) is 1. The molecule has 1 aliphatic rings. The molecule has 1 N–H and O–H groups in total. The molecule has 3 aromatic rings. The molecule has 27 heavy (non-hydrogen) atoms. The van der Waals surface area contributed by atoms with Crippen LogP contribution in [0.2, 0.25) is 0 Å². The maximum Gasteiger partial charge on any atom is 0.158 e. The molecule has 0 spiro atoms. The highest BCUT2D eigenvalue weighted by Crippen LogP contribution is 2.30. The number of benzene rings is 1. The Labute approximate surface area is 159 Å². The van der Waals surface area contributed by atoms with Gasteiger partial charge in [0, 0.05) is 41.5 Å². The second-order valence-electron chi connectivity index (χ2n) is 6.95. The highest BCUT2D eigenvalue weighted by atomic mass is 16.5. The molecule has 2 aromatic heterocycles. The zero-order chi connectivity index (χ0) is 18.8. The molecule has 3 heterocycles. The lowest BCUT2D eigenvalue weighted by molar-refractivity contribution is 0.120. The Bertz CT molecular complexity index is 927. The lowest BCUT2D eigenvalue weighted by atomic mass is 10.2. The molecule has 0 amide bonds. The third-order valence-corrected chi connectivity index (χ3v) is 5.11. The van der Waals surface area contributed by atoms with Gasteiger partial charge in [-0.15, -0.1) is 5.10 Å². The number of hydrogen-bond donors (Lipinski definition) is 1. The van der Waals surface area contributed by atoms with Gasteiger partial charge in [0.25, 0.3) is 0 Å². The van der Waals surface area contributed by atoms with Crippen LogP contribution in [0.15, 0.2) is 30.5 Å². The summed E-state index contributed by atoms with van der Waals surface area (Å²) in [5.74, 6) is 1.70. The first-order valence-corrected chi connectivity index (χ1v) is 9.61. The first-order valence-electron chi connectivity index (χ1n) is 9.61. The van der Waals surface area contributed by atoms with Crippen molar-refractivity contribution >= 4 is 16.6 Å². The van der Waals surface area contributed by atoms with E-state index in [1.165, 1.54) is 0 Å².